The number of hydrogen-bond donors (Lipinski definition) is 2. The molecule has 1 amide bonds. The second-order valence-electron chi connectivity index (χ2n) is 10.6. The van der Waals surface area contributed by atoms with Gasteiger partial charge in [-0.3, -0.25) is 9.69 Å². The highest BCUT2D eigenvalue weighted by Crippen LogP contribution is 2.32. The fourth-order valence-corrected chi connectivity index (χ4v) is 7.58. The Balaban J connectivity index is 1.18. The third kappa shape index (κ3) is 7.18. The van der Waals surface area contributed by atoms with Gasteiger partial charge in [-0.25, -0.2) is 8.42 Å². The van der Waals surface area contributed by atoms with Crippen LogP contribution in [0.1, 0.15) is 31.2 Å². The number of nitrogens with one attached hydrogen (secondary N) is 1. The number of benzene rings is 2. The number of aliphatic hydroxyl groups excluding tert-OH is 1. The monoisotopic (exact) mass is 577 g/mol. The van der Waals surface area contributed by atoms with Crippen LogP contribution in [0.25, 0.3) is 0 Å². The van der Waals surface area contributed by atoms with Crippen LogP contribution in [0.4, 0.5) is 0 Å². The van der Waals surface area contributed by atoms with E-state index in [1.165, 1.54) is 34.1 Å². The Bertz CT molecular complexity index is 1220. The van der Waals surface area contributed by atoms with E-state index in [2.05, 4.69) is 22.3 Å². The van der Waals surface area contributed by atoms with E-state index in [1.54, 1.807) is 0 Å². The van der Waals surface area contributed by atoms with Gasteiger partial charge in [-0.15, -0.1) is 0 Å². The molecule has 0 saturated carbocycles. The molecule has 2 aromatic rings. The van der Waals surface area contributed by atoms with Crippen LogP contribution in [-0.2, 0) is 30.8 Å². The Morgan fingerprint density at radius 2 is 1.79 bits per heavy atom. The fraction of sp³-hybridized carbons (Fsp3) is 0.536. The maximum atomic E-state index is 13.6. The Morgan fingerprint density at radius 1 is 1.03 bits per heavy atom. The number of amides is 1. The predicted molar refractivity (Wildman–Crippen MR) is 147 cm³/mol. The zero-order valence-electron chi connectivity index (χ0n) is 21.8. The number of nitrogens with zero attached hydrogens (tertiary/aromatic N) is 2. The van der Waals surface area contributed by atoms with Crippen molar-refractivity contribution in [2.45, 2.75) is 67.5 Å². The minimum atomic E-state index is -3.91. The van der Waals surface area contributed by atoms with Gasteiger partial charge in [0.25, 0.3) is 0 Å². The maximum absolute atomic E-state index is 13.6. The number of ether oxygens (including phenoxy) is 2. The molecule has 212 valence electrons. The molecule has 2 aromatic carbocycles. The van der Waals surface area contributed by atoms with Crippen molar-refractivity contribution in [2.75, 3.05) is 32.8 Å². The second kappa shape index (κ2) is 12.6. The Kier molecular flexibility index (Phi) is 9.23. The molecular formula is C28H36ClN3O6S. The number of halogens is 1. The van der Waals surface area contributed by atoms with E-state index in [9.17, 15) is 18.3 Å². The van der Waals surface area contributed by atoms with Gasteiger partial charge in [-0.1, -0.05) is 41.9 Å². The molecule has 0 radical (unpaired) electrons. The first-order valence-corrected chi connectivity index (χ1v) is 15.3. The van der Waals surface area contributed by atoms with Crippen molar-refractivity contribution in [2.24, 2.45) is 0 Å². The molecule has 39 heavy (non-hydrogen) atoms. The van der Waals surface area contributed by atoms with Crippen molar-refractivity contribution in [1.82, 2.24) is 14.5 Å². The summed E-state index contributed by atoms with van der Waals surface area (Å²) in [6, 6.07) is 15.9. The number of likely N-dealkylation sites (tertiary alicyclic amines) is 1. The SMILES string of the molecule is O=C(C[C@H]1CC[C@@H]2[C@H](COC[C@H](O)CN2S(=O)(=O)c2ccc(Cl)cc2)O1)N[C@H]1CCN(Cc2ccccc2)C1. The summed E-state index contributed by atoms with van der Waals surface area (Å²) in [4.78, 5) is 15.4. The van der Waals surface area contributed by atoms with Crippen molar-refractivity contribution >= 4 is 27.5 Å². The molecule has 3 aliphatic heterocycles. The lowest BCUT2D eigenvalue weighted by Gasteiger charge is -2.43. The lowest BCUT2D eigenvalue weighted by atomic mass is 9.96. The zero-order chi connectivity index (χ0) is 27.4. The summed E-state index contributed by atoms with van der Waals surface area (Å²) in [5.41, 5.74) is 1.26. The van der Waals surface area contributed by atoms with E-state index >= 15 is 0 Å². The summed E-state index contributed by atoms with van der Waals surface area (Å²) in [7, 11) is -3.91. The van der Waals surface area contributed by atoms with Crippen LogP contribution in [-0.4, -0.2) is 91.9 Å². The molecule has 5 rings (SSSR count). The molecule has 11 heteroatoms. The van der Waals surface area contributed by atoms with Gasteiger partial charge < -0.3 is 19.9 Å². The lowest BCUT2D eigenvalue weighted by molar-refractivity contribution is -0.146. The van der Waals surface area contributed by atoms with E-state index in [0.29, 0.717) is 17.9 Å². The van der Waals surface area contributed by atoms with Crippen LogP contribution in [0, 0.1) is 0 Å². The summed E-state index contributed by atoms with van der Waals surface area (Å²) in [5.74, 6) is -0.0576. The Hall–Kier alpha value is -2.05. The van der Waals surface area contributed by atoms with E-state index in [1.807, 2.05) is 18.2 Å². The molecule has 0 aromatic heterocycles. The molecule has 3 heterocycles. The lowest BCUT2D eigenvalue weighted by Crippen LogP contribution is -2.57. The molecular weight excluding hydrogens is 542 g/mol. The second-order valence-corrected chi connectivity index (χ2v) is 13.0. The van der Waals surface area contributed by atoms with Crippen LogP contribution in [0.15, 0.2) is 59.5 Å². The maximum Gasteiger partial charge on any atom is 0.243 e. The standard InChI is InChI=1S/C28H36ClN3O6S/c29-21-6-9-25(10-7-21)39(35,36)32-17-23(33)18-37-19-27-26(32)11-8-24(38-27)14-28(34)30-22-12-13-31(16-22)15-20-4-2-1-3-5-20/h1-7,9-10,22-24,26-27,33H,8,11-19H2,(H,30,34)/t22-,23+,24+,26+,27-/m0/s1. The molecule has 0 aliphatic carbocycles. The van der Waals surface area contributed by atoms with Crippen molar-refractivity contribution in [3.05, 3.63) is 65.2 Å². The number of β-amino-alcohol motifs (C(OH)–C–C–N with tert-alkyl or cyclic N) is 1. The molecule has 3 aliphatic rings. The van der Waals surface area contributed by atoms with Gasteiger partial charge in [0.05, 0.1) is 48.9 Å². The topological polar surface area (TPSA) is 108 Å². The van der Waals surface area contributed by atoms with E-state index in [-0.39, 0.29) is 49.1 Å². The predicted octanol–water partition coefficient (Wildman–Crippen LogP) is 2.42. The van der Waals surface area contributed by atoms with Crippen molar-refractivity contribution in [1.29, 1.82) is 0 Å². The third-order valence-electron chi connectivity index (χ3n) is 7.65. The van der Waals surface area contributed by atoms with Gasteiger partial charge in [-0.05, 0) is 49.1 Å². The van der Waals surface area contributed by atoms with Gasteiger partial charge >= 0.3 is 0 Å². The number of carbonyl (C=O) groups is 1. The summed E-state index contributed by atoms with van der Waals surface area (Å²) >= 11 is 5.96. The number of carbonyl (C=O) groups excluding carboxylic acids is 1. The van der Waals surface area contributed by atoms with Crippen molar-refractivity contribution in [3.63, 3.8) is 0 Å². The highest BCUT2D eigenvalue weighted by molar-refractivity contribution is 7.89. The molecule has 0 bridgehead atoms. The normalized spacial score (nSPS) is 28.8. The summed E-state index contributed by atoms with van der Waals surface area (Å²) in [5, 5.41) is 14.0. The molecule has 0 unspecified atom stereocenters. The third-order valence-corrected chi connectivity index (χ3v) is 9.81. The zero-order valence-corrected chi connectivity index (χ0v) is 23.4. The van der Waals surface area contributed by atoms with Crippen LogP contribution in [0.2, 0.25) is 5.02 Å². The average Bonchev–Trinajstić information content (AvgIpc) is 3.33. The van der Waals surface area contributed by atoms with Gasteiger partial charge in [0, 0.05) is 37.2 Å². The number of fused-ring (bicyclic) bond motifs is 1. The molecule has 9 nitrogen and oxygen atoms in total. The first-order valence-electron chi connectivity index (χ1n) is 13.5. The van der Waals surface area contributed by atoms with Crippen LogP contribution < -0.4 is 5.32 Å². The van der Waals surface area contributed by atoms with E-state index < -0.39 is 28.3 Å². The Morgan fingerprint density at radius 3 is 2.56 bits per heavy atom. The molecule has 5 atom stereocenters. The summed E-state index contributed by atoms with van der Waals surface area (Å²) < 4.78 is 40.4. The van der Waals surface area contributed by atoms with Crippen LogP contribution >= 0.6 is 11.6 Å². The fourth-order valence-electron chi connectivity index (χ4n) is 5.74. The van der Waals surface area contributed by atoms with Gasteiger partial charge in [0.2, 0.25) is 15.9 Å². The van der Waals surface area contributed by atoms with Crippen LogP contribution in [0.5, 0.6) is 0 Å². The molecule has 0 spiro atoms. The highest BCUT2D eigenvalue weighted by atomic mass is 35.5. The van der Waals surface area contributed by atoms with Crippen molar-refractivity contribution in [3.8, 4) is 0 Å². The quantitative estimate of drug-likeness (QED) is 0.520. The molecule has 2 N–H and O–H groups in total. The minimum absolute atomic E-state index is 0.00549. The van der Waals surface area contributed by atoms with Crippen LogP contribution in [0.3, 0.4) is 0 Å². The van der Waals surface area contributed by atoms with Gasteiger partial charge in [0.1, 0.15) is 0 Å². The number of hydrogen-bond acceptors (Lipinski definition) is 7. The largest absolute Gasteiger partial charge is 0.389 e. The average molecular weight is 578 g/mol. The smallest absolute Gasteiger partial charge is 0.243 e. The highest BCUT2D eigenvalue weighted by Gasteiger charge is 2.43. The minimum Gasteiger partial charge on any atom is -0.389 e. The summed E-state index contributed by atoms with van der Waals surface area (Å²) in [6.07, 6.45) is 0.319. The molecule has 3 saturated heterocycles. The van der Waals surface area contributed by atoms with Crippen molar-refractivity contribution < 1.29 is 27.8 Å². The number of rotatable bonds is 7. The first kappa shape index (κ1) is 28.5. The number of aliphatic hydroxyl groups is 1. The molecule has 3 fully saturated rings. The number of sulfonamides is 1. The van der Waals surface area contributed by atoms with Gasteiger partial charge in [-0.2, -0.15) is 4.31 Å². The first-order chi connectivity index (χ1) is 18.8. The van der Waals surface area contributed by atoms with Gasteiger partial charge in [0.15, 0.2) is 0 Å². The Labute approximate surface area is 235 Å². The van der Waals surface area contributed by atoms with E-state index in [4.69, 9.17) is 21.1 Å². The summed E-state index contributed by atoms with van der Waals surface area (Å²) in [6.45, 7) is 2.66. The van der Waals surface area contributed by atoms with E-state index in [0.717, 1.165) is 26.1 Å².